The van der Waals surface area contributed by atoms with E-state index in [1.54, 1.807) is 13.8 Å². The van der Waals surface area contributed by atoms with Crippen molar-refractivity contribution in [3.63, 3.8) is 0 Å². The maximum Gasteiger partial charge on any atom is 0.355 e. The summed E-state index contributed by atoms with van der Waals surface area (Å²) in [4.78, 5) is 26.1. The maximum atomic E-state index is 11.8. The van der Waals surface area contributed by atoms with Crippen LogP contribution in [0.4, 0.5) is 0 Å². The lowest BCUT2D eigenvalue weighted by Gasteiger charge is -2.03. The van der Waals surface area contributed by atoms with Crippen LogP contribution in [0.15, 0.2) is 0 Å². The number of nitrogens with one attached hydrogen (secondary N) is 1. The fourth-order valence-corrected chi connectivity index (χ4v) is 1.86. The van der Waals surface area contributed by atoms with E-state index in [4.69, 9.17) is 4.74 Å². The molecule has 0 aromatic carbocycles. The van der Waals surface area contributed by atoms with Gasteiger partial charge in [0.1, 0.15) is 5.69 Å². The van der Waals surface area contributed by atoms with Crippen LogP contribution < -0.4 is 0 Å². The molecule has 0 unspecified atom stereocenters. The van der Waals surface area contributed by atoms with Crippen molar-refractivity contribution in [3.05, 3.63) is 22.5 Å². The quantitative estimate of drug-likeness (QED) is 0.486. The standard InChI is InChI=1S/C13H19NO3/c1-5-6-7-17-13(16)12-8(2)11(10(4)15)9(3)14-12/h14H,5-7H2,1-4H3. The Kier molecular flexibility index (Phi) is 4.49. The van der Waals surface area contributed by atoms with Gasteiger partial charge >= 0.3 is 5.97 Å². The smallest absolute Gasteiger partial charge is 0.355 e. The monoisotopic (exact) mass is 237 g/mol. The van der Waals surface area contributed by atoms with Gasteiger partial charge in [-0.3, -0.25) is 4.79 Å². The van der Waals surface area contributed by atoms with Gasteiger partial charge in [0.15, 0.2) is 5.78 Å². The third-order valence-corrected chi connectivity index (χ3v) is 2.72. The van der Waals surface area contributed by atoms with E-state index in [1.165, 1.54) is 6.92 Å². The Balaban J connectivity index is 2.88. The van der Waals surface area contributed by atoms with E-state index in [0.29, 0.717) is 23.4 Å². The predicted octanol–water partition coefficient (Wildman–Crippen LogP) is 2.79. The van der Waals surface area contributed by atoms with E-state index in [0.717, 1.165) is 18.5 Å². The predicted molar refractivity (Wildman–Crippen MR) is 65.5 cm³/mol. The van der Waals surface area contributed by atoms with Crippen molar-refractivity contribution in [1.29, 1.82) is 0 Å². The number of hydrogen-bond donors (Lipinski definition) is 1. The molecule has 0 spiro atoms. The van der Waals surface area contributed by atoms with Crippen molar-refractivity contribution in [1.82, 2.24) is 4.98 Å². The highest BCUT2D eigenvalue weighted by atomic mass is 16.5. The second kappa shape index (κ2) is 5.66. The highest BCUT2D eigenvalue weighted by Crippen LogP contribution is 2.19. The van der Waals surface area contributed by atoms with Crippen LogP contribution in [-0.4, -0.2) is 23.3 Å². The Morgan fingerprint density at radius 2 is 1.94 bits per heavy atom. The highest BCUT2D eigenvalue weighted by molar-refractivity contribution is 6.01. The molecule has 0 saturated carbocycles. The highest BCUT2D eigenvalue weighted by Gasteiger charge is 2.20. The molecule has 0 atom stereocenters. The normalized spacial score (nSPS) is 10.4. The molecule has 0 aliphatic heterocycles. The van der Waals surface area contributed by atoms with Crippen molar-refractivity contribution >= 4 is 11.8 Å². The van der Waals surface area contributed by atoms with Gasteiger partial charge in [0.2, 0.25) is 0 Å². The number of rotatable bonds is 5. The molecule has 1 N–H and O–H groups in total. The van der Waals surface area contributed by atoms with E-state index in [9.17, 15) is 9.59 Å². The van der Waals surface area contributed by atoms with Crippen LogP contribution >= 0.6 is 0 Å². The number of unbranched alkanes of at least 4 members (excludes halogenated alkanes) is 1. The fraction of sp³-hybridized carbons (Fsp3) is 0.538. The Morgan fingerprint density at radius 3 is 2.41 bits per heavy atom. The van der Waals surface area contributed by atoms with Gasteiger partial charge < -0.3 is 9.72 Å². The Labute approximate surface area is 101 Å². The van der Waals surface area contributed by atoms with Gasteiger partial charge in [-0.1, -0.05) is 13.3 Å². The molecule has 0 aliphatic rings. The Hall–Kier alpha value is -1.58. The average Bonchev–Trinajstić information content (AvgIpc) is 2.54. The zero-order chi connectivity index (χ0) is 13.0. The van der Waals surface area contributed by atoms with E-state index < -0.39 is 0 Å². The lowest BCUT2D eigenvalue weighted by molar-refractivity contribution is 0.0492. The van der Waals surface area contributed by atoms with Gasteiger partial charge in [-0.25, -0.2) is 4.79 Å². The van der Waals surface area contributed by atoms with E-state index in [-0.39, 0.29) is 11.8 Å². The van der Waals surface area contributed by atoms with Crippen molar-refractivity contribution in [2.24, 2.45) is 0 Å². The van der Waals surface area contributed by atoms with Crippen molar-refractivity contribution < 1.29 is 14.3 Å². The van der Waals surface area contributed by atoms with Crippen LogP contribution in [0.1, 0.15) is 58.8 Å². The zero-order valence-corrected chi connectivity index (χ0v) is 10.8. The maximum absolute atomic E-state index is 11.8. The van der Waals surface area contributed by atoms with Crippen molar-refractivity contribution in [2.45, 2.75) is 40.5 Å². The summed E-state index contributed by atoms with van der Waals surface area (Å²) in [5.41, 5.74) is 2.38. The molecule has 0 fully saturated rings. The van der Waals surface area contributed by atoms with E-state index in [2.05, 4.69) is 4.98 Å². The molecule has 1 aromatic rings. The van der Waals surface area contributed by atoms with Crippen LogP contribution in [-0.2, 0) is 4.74 Å². The van der Waals surface area contributed by atoms with Crippen molar-refractivity contribution in [3.8, 4) is 0 Å². The van der Waals surface area contributed by atoms with Crippen molar-refractivity contribution in [2.75, 3.05) is 6.61 Å². The number of hydrogen-bond acceptors (Lipinski definition) is 3. The summed E-state index contributed by atoms with van der Waals surface area (Å²) in [6.45, 7) is 7.49. The topological polar surface area (TPSA) is 59.2 Å². The minimum absolute atomic E-state index is 0.0381. The number of carbonyl (C=O) groups is 2. The number of aromatic nitrogens is 1. The number of ether oxygens (including phenoxy) is 1. The second-order valence-corrected chi connectivity index (χ2v) is 4.17. The minimum Gasteiger partial charge on any atom is -0.461 e. The molecule has 0 bridgehead atoms. The molecule has 0 radical (unpaired) electrons. The summed E-state index contributed by atoms with van der Waals surface area (Å²) < 4.78 is 5.12. The molecular formula is C13H19NO3. The summed E-state index contributed by atoms with van der Waals surface area (Å²) >= 11 is 0. The summed E-state index contributed by atoms with van der Waals surface area (Å²) in [5.74, 6) is -0.421. The zero-order valence-electron chi connectivity index (χ0n) is 10.8. The van der Waals surface area contributed by atoms with Crippen LogP contribution in [0.2, 0.25) is 0 Å². The molecule has 4 nitrogen and oxygen atoms in total. The largest absolute Gasteiger partial charge is 0.461 e. The SMILES string of the molecule is CCCCOC(=O)c1[nH]c(C)c(C(C)=O)c1C. The molecule has 94 valence electrons. The lowest BCUT2D eigenvalue weighted by atomic mass is 10.1. The van der Waals surface area contributed by atoms with E-state index in [1.807, 2.05) is 6.92 Å². The van der Waals surface area contributed by atoms with Gasteiger partial charge in [0.05, 0.1) is 6.61 Å². The van der Waals surface area contributed by atoms with Crippen LogP contribution in [0, 0.1) is 13.8 Å². The molecule has 1 aromatic heterocycles. The molecule has 0 aliphatic carbocycles. The van der Waals surface area contributed by atoms with Crippen LogP contribution in [0.5, 0.6) is 0 Å². The number of Topliss-reactive ketones (excluding diaryl/α,β-unsaturated/α-hetero) is 1. The number of aryl methyl sites for hydroxylation is 1. The summed E-state index contributed by atoms with van der Waals surface area (Å²) in [6, 6.07) is 0. The minimum atomic E-state index is -0.383. The number of aromatic amines is 1. The first-order chi connectivity index (χ1) is 7.99. The van der Waals surface area contributed by atoms with Gasteiger partial charge in [-0.05, 0) is 32.8 Å². The molecule has 1 rings (SSSR count). The number of esters is 1. The molecule has 0 saturated heterocycles. The van der Waals surface area contributed by atoms with Gasteiger partial charge in [-0.15, -0.1) is 0 Å². The third kappa shape index (κ3) is 2.96. The second-order valence-electron chi connectivity index (χ2n) is 4.17. The summed E-state index contributed by atoms with van der Waals surface area (Å²) in [7, 11) is 0. The Morgan fingerprint density at radius 1 is 1.29 bits per heavy atom. The fourth-order valence-electron chi connectivity index (χ4n) is 1.86. The first-order valence-corrected chi connectivity index (χ1v) is 5.86. The first-order valence-electron chi connectivity index (χ1n) is 5.86. The molecule has 17 heavy (non-hydrogen) atoms. The molecular weight excluding hydrogens is 218 g/mol. The Bertz CT molecular complexity index is 432. The first kappa shape index (κ1) is 13.5. The van der Waals surface area contributed by atoms with E-state index >= 15 is 0 Å². The van der Waals surface area contributed by atoms with Gasteiger partial charge in [0, 0.05) is 11.3 Å². The number of carbonyl (C=O) groups excluding carboxylic acids is 2. The average molecular weight is 237 g/mol. The number of H-pyrrole nitrogens is 1. The molecule has 1 heterocycles. The summed E-state index contributed by atoms with van der Waals surface area (Å²) in [5, 5.41) is 0. The van der Waals surface area contributed by atoms with Crippen LogP contribution in [0.25, 0.3) is 0 Å². The lowest BCUT2D eigenvalue weighted by Crippen LogP contribution is -2.08. The third-order valence-electron chi connectivity index (χ3n) is 2.72. The van der Waals surface area contributed by atoms with Crippen LogP contribution in [0.3, 0.4) is 0 Å². The number of ketones is 1. The summed E-state index contributed by atoms with van der Waals surface area (Å²) in [6.07, 6.45) is 1.83. The molecule has 4 heteroatoms. The van der Waals surface area contributed by atoms with Gasteiger partial charge in [-0.2, -0.15) is 0 Å². The molecule has 0 amide bonds. The van der Waals surface area contributed by atoms with Gasteiger partial charge in [0.25, 0.3) is 0 Å².